The van der Waals surface area contributed by atoms with Crippen molar-refractivity contribution in [3.05, 3.63) is 58.2 Å². The van der Waals surface area contributed by atoms with Gasteiger partial charge in [0, 0.05) is 24.5 Å². The monoisotopic (exact) mass is 438 g/mol. The van der Waals surface area contributed by atoms with E-state index in [0.29, 0.717) is 15.7 Å². The molecule has 0 fully saturated rings. The number of rotatable bonds is 6. The molecule has 0 aliphatic carbocycles. The second-order valence-corrected chi connectivity index (χ2v) is 6.68. The van der Waals surface area contributed by atoms with Crippen LogP contribution in [0.3, 0.4) is 0 Å². The van der Waals surface area contributed by atoms with Crippen LogP contribution in [0, 0.1) is 0 Å². The number of carbonyl (C=O) groups is 1. The molecule has 0 aliphatic heterocycles. The van der Waals surface area contributed by atoms with Crippen LogP contribution in [0.15, 0.2) is 46.9 Å². The average molecular weight is 439 g/mol. The van der Waals surface area contributed by atoms with Crippen molar-refractivity contribution >= 4 is 32.7 Å². The van der Waals surface area contributed by atoms with E-state index in [1.165, 1.54) is 24.1 Å². The second kappa shape index (κ2) is 7.96. The minimum Gasteiger partial charge on any atom is -0.493 e. The van der Waals surface area contributed by atoms with Crippen molar-refractivity contribution in [2.45, 2.75) is 13.2 Å². The van der Waals surface area contributed by atoms with Gasteiger partial charge < -0.3 is 19.4 Å². The van der Waals surface area contributed by atoms with Crippen LogP contribution >= 0.6 is 15.9 Å². The number of para-hydroxylation sites is 1. The van der Waals surface area contributed by atoms with E-state index in [-0.39, 0.29) is 24.0 Å². The predicted octanol–water partition coefficient (Wildman–Crippen LogP) is 4.81. The first-order chi connectivity index (χ1) is 12.9. The molecule has 3 aromatic rings. The highest BCUT2D eigenvalue weighted by molar-refractivity contribution is 9.10. The summed E-state index contributed by atoms with van der Waals surface area (Å²) in [5.41, 5.74) is 1.91. The SMILES string of the molecule is COc1ccc(CN(C)C(=O)c2[nH]c3ccccc3c2Br)cc1OC(F)F. The summed E-state index contributed by atoms with van der Waals surface area (Å²) < 4.78 is 35.3. The number of hydrogen-bond donors (Lipinski definition) is 1. The van der Waals surface area contributed by atoms with Crippen molar-refractivity contribution in [1.82, 2.24) is 9.88 Å². The van der Waals surface area contributed by atoms with Gasteiger partial charge in [-0.3, -0.25) is 4.79 Å². The van der Waals surface area contributed by atoms with Gasteiger partial charge in [0.2, 0.25) is 0 Å². The van der Waals surface area contributed by atoms with Crippen molar-refractivity contribution < 1.29 is 23.0 Å². The first-order valence-corrected chi connectivity index (χ1v) is 8.83. The quantitative estimate of drug-likeness (QED) is 0.600. The van der Waals surface area contributed by atoms with Crippen molar-refractivity contribution in [1.29, 1.82) is 0 Å². The number of aromatic amines is 1. The number of H-pyrrole nitrogens is 1. The van der Waals surface area contributed by atoms with E-state index in [1.807, 2.05) is 24.3 Å². The summed E-state index contributed by atoms with van der Waals surface area (Å²) in [7, 11) is 3.01. The van der Waals surface area contributed by atoms with Gasteiger partial charge in [-0.15, -0.1) is 0 Å². The topological polar surface area (TPSA) is 54.6 Å². The number of halogens is 3. The van der Waals surface area contributed by atoms with Crippen LogP contribution in [0.1, 0.15) is 16.1 Å². The van der Waals surface area contributed by atoms with Crippen LogP contribution in [0.25, 0.3) is 10.9 Å². The molecule has 142 valence electrons. The van der Waals surface area contributed by atoms with Gasteiger partial charge in [-0.05, 0) is 39.7 Å². The average Bonchev–Trinajstić information content (AvgIpc) is 2.98. The van der Waals surface area contributed by atoms with Crippen LogP contribution in [0.4, 0.5) is 8.78 Å². The predicted molar refractivity (Wildman–Crippen MR) is 101 cm³/mol. The zero-order valence-corrected chi connectivity index (χ0v) is 16.2. The summed E-state index contributed by atoms with van der Waals surface area (Å²) in [4.78, 5) is 17.4. The van der Waals surface area contributed by atoms with Crippen molar-refractivity contribution in [3.63, 3.8) is 0 Å². The van der Waals surface area contributed by atoms with Gasteiger partial charge in [0.05, 0.1) is 11.6 Å². The van der Waals surface area contributed by atoms with Crippen LogP contribution < -0.4 is 9.47 Å². The smallest absolute Gasteiger partial charge is 0.387 e. The Labute approximate surface area is 163 Å². The Kier molecular flexibility index (Phi) is 5.65. The Morgan fingerprint density at radius 2 is 1.96 bits per heavy atom. The molecule has 8 heteroatoms. The van der Waals surface area contributed by atoms with Crippen LogP contribution in [-0.2, 0) is 6.54 Å². The number of methoxy groups -OCH3 is 1. The summed E-state index contributed by atoms with van der Waals surface area (Å²) in [6.45, 7) is -2.75. The Balaban J connectivity index is 1.82. The normalized spacial score (nSPS) is 11.0. The molecule has 0 aliphatic rings. The van der Waals surface area contributed by atoms with Gasteiger partial charge in [0.25, 0.3) is 5.91 Å². The molecule has 27 heavy (non-hydrogen) atoms. The number of hydrogen-bond acceptors (Lipinski definition) is 3. The fourth-order valence-electron chi connectivity index (χ4n) is 2.80. The number of benzene rings is 2. The number of nitrogens with one attached hydrogen (secondary N) is 1. The maximum atomic E-state index is 12.8. The number of nitrogens with zero attached hydrogens (tertiary/aromatic N) is 1. The Morgan fingerprint density at radius 3 is 2.63 bits per heavy atom. The summed E-state index contributed by atoms with van der Waals surface area (Å²) in [5, 5.41) is 0.909. The number of carbonyl (C=O) groups excluding carboxylic acids is 1. The highest BCUT2D eigenvalue weighted by atomic mass is 79.9. The Hall–Kier alpha value is -2.61. The molecule has 2 aromatic carbocycles. The molecule has 1 N–H and O–H groups in total. The summed E-state index contributed by atoms with van der Waals surface area (Å²) in [6.07, 6.45) is 0. The van der Waals surface area contributed by atoms with E-state index in [2.05, 4.69) is 25.7 Å². The molecule has 1 heterocycles. The minimum absolute atomic E-state index is 0.0716. The van der Waals surface area contributed by atoms with Crippen molar-refractivity contribution in [2.24, 2.45) is 0 Å². The maximum absolute atomic E-state index is 12.8. The standard InChI is InChI=1S/C19H17BrF2N2O3/c1-24(10-11-7-8-14(26-2)15(9-11)27-19(21)22)18(25)17-16(20)12-5-3-4-6-13(12)23-17/h3-9,19,23H,10H2,1-2H3. The molecule has 5 nitrogen and oxygen atoms in total. The molecule has 1 aromatic heterocycles. The Morgan fingerprint density at radius 1 is 1.22 bits per heavy atom. The molecule has 0 saturated carbocycles. The third kappa shape index (κ3) is 4.05. The number of aromatic nitrogens is 1. The second-order valence-electron chi connectivity index (χ2n) is 5.88. The first kappa shape index (κ1) is 19.2. The van der Waals surface area contributed by atoms with E-state index in [9.17, 15) is 13.6 Å². The lowest BCUT2D eigenvalue weighted by molar-refractivity contribution is -0.0512. The number of fused-ring (bicyclic) bond motifs is 1. The highest BCUT2D eigenvalue weighted by Gasteiger charge is 2.20. The van der Waals surface area contributed by atoms with E-state index in [1.54, 1.807) is 13.1 Å². The molecule has 0 saturated heterocycles. The van der Waals surface area contributed by atoms with Gasteiger partial charge in [0.1, 0.15) is 5.69 Å². The first-order valence-electron chi connectivity index (χ1n) is 8.04. The van der Waals surface area contributed by atoms with E-state index >= 15 is 0 Å². The highest BCUT2D eigenvalue weighted by Crippen LogP contribution is 2.31. The van der Waals surface area contributed by atoms with Crippen LogP contribution in [-0.4, -0.2) is 36.6 Å². The molecule has 0 bridgehead atoms. The third-order valence-corrected chi connectivity index (χ3v) is 4.89. The largest absolute Gasteiger partial charge is 0.493 e. The molecule has 0 spiro atoms. The third-order valence-electron chi connectivity index (χ3n) is 4.07. The number of ether oxygens (including phenoxy) is 2. The van der Waals surface area contributed by atoms with Gasteiger partial charge in [-0.2, -0.15) is 8.78 Å². The lowest BCUT2D eigenvalue weighted by Crippen LogP contribution is -2.26. The van der Waals surface area contributed by atoms with Gasteiger partial charge in [0.15, 0.2) is 11.5 Å². The lowest BCUT2D eigenvalue weighted by Gasteiger charge is -2.18. The maximum Gasteiger partial charge on any atom is 0.387 e. The molecule has 1 amide bonds. The van der Waals surface area contributed by atoms with E-state index < -0.39 is 6.61 Å². The molecule has 0 radical (unpaired) electrons. The number of amides is 1. The Bertz CT molecular complexity index is 975. The zero-order chi connectivity index (χ0) is 19.6. The molecule has 3 rings (SSSR count). The zero-order valence-electron chi connectivity index (χ0n) is 14.6. The fourth-order valence-corrected chi connectivity index (χ4v) is 3.41. The van der Waals surface area contributed by atoms with Crippen LogP contribution in [0.2, 0.25) is 0 Å². The summed E-state index contributed by atoms with van der Waals surface area (Å²) in [5.74, 6) is -0.103. The van der Waals surface area contributed by atoms with Gasteiger partial charge in [-0.25, -0.2) is 0 Å². The van der Waals surface area contributed by atoms with Gasteiger partial charge >= 0.3 is 6.61 Å². The fraction of sp³-hybridized carbons (Fsp3) is 0.211. The van der Waals surface area contributed by atoms with Gasteiger partial charge in [-0.1, -0.05) is 24.3 Å². The molecule has 0 atom stereocenters. The van der Waals surface area contributed by atoms with E-state index in [0.717, 1.165) is 10.9 Å². The minimum atomic E-state index is -2.96. The van der Waals surface area contributed by atoms with Crippen LogP contribution in [0.5, 0.6) is 11.5 Å². The lowest BCUT2D eigenvalue weighted by atomic mass is 10.2. The van der Waals surface area contributed by atoms with Crippen molar-refractivity contribution in [3.8, 4) is 11.5 Å². The van der Waals surface area contributed by atoms with Crippen molar-refractivity contribution in [2.75, 3.05) is 14.2 Å². The summed E-state index contributed by atoms with van der Waals surface area (Å²) in [6, 6.07) is 12.2. The molecule has 0 unspecified atom stereocenters. The molecular weight excluding hydrogens is 422 g/mol. The summed E-state index contributed by atoms with van der Waals surface area (Å²) >= 11 is 3.47. The molecular formula is C19H17BrF2N2O3. The van der Waals surface area contributed by atoms with E-state index in [4.69, 9.17) is 4.74 Å². The number of alkyl halides is 2.